The van der Waals surface area contributed by atoms with Gasteiger partial charge in [0.2, 0.25) is 0 Å². The van der Waals surface area contributed by atoms with Crippen molar-refractivity contribution in [2.45, 2.75) is 0 Å². The minimum absolute atomic E-state index is 1.09. The van der Waals surface area contributed by atoms with Crippen LogP contribution in [0.1, 0.15) is 0 Å². The minimum atomic E-state index is 1.09. The van der Waals surface area contributed by atoms with Crippen LogP contribution < -0.4 is 4.90 Å². The first-order valence-corrected chi connectivity index (χ1v) is 21.3. The summed E-state index contributed by atoms with van der Waals surface area (Å²) in [7, 11) is 0. The summed E-state index contributed by atoms with van der Waals surface area (Å²) in [5.41, 5.74) is 13.9. The van der Waals surface area contributed by atoms with Gasteiger partial charge in [0, 0.05) is 33.4 Å². The molecule has 0 aliphatic heterocycles. The highest BCUT2D eigenvalue weighted by atomic mass is 15.1. The Kier molecular flexibility index (Phi) is 8.53. The maximum absolute atomic E-state index is 2.42. The molecule has 1 heterocycles. The van der Waals surface area contributed by atoms with Crippen molar-refractivity contribution < 1.29 is 0 Å². The molecule has 0 saturated carbocycles. The molecule has 0 spiro atoms. The van der Waals surface area contributed by atoms with Crippen molar-refractivity contribution in [1.82, 2.24) is 4.57 Å². The number of aromatic nitrogens is 1. The quantitative estimate of drug-likeness (QED) is 0.146. The van der Waals surface area contributed by atoms with Crippen LogP contribution in [0.4, 0.5) is 17.1 Å². The van der Waals surface area contributed by atoms with Gasteiger partial charge in [-0.3, -0.25) is 0 Å². The Morgan fingerprint density at radius 2 is 0.919 bits per heavy atom. The molecule has 290 valence electrons. The van der Waals surface area contributed by atoms with Crippen LogP contribution in [0.5, 0.6) is 0 Å². The summed E-state index contributed by atoms with van der Waals surface area (Å²) >= 11 is 0. The van der Waals surface area contributed by atoms with Gasteiger partial charge in [0.1, 0.15) is 0 Å². The molecule has 12 rings (SSSR count). The van der Waals surface area contributed by atoms with Crippen LogP contribution in [0.2, 0.25) is 0 Å². The number of para-hydroxylation sites is 2. The van der Waals surface area contributed by atoms with Crippen molar-refractivity contribution in [3.63, 3.8) is 0 Å². The van der Waals surface area contributed by atoms with Crippen molar-refractivity contribution in [2.24, 2.45) is 0 Å². The van der Waals surface area contributed by atoms with E-state index in [1.807, 2.05) is 0 Å². The number of nitrogens with zero attached hydrogens (tertiary/aromatic N) is 2. The number of benzene rings is 11. The first kappa shape index (κ1) is 35.7. The highest BCUT2D eigenvalue weighted by Gasteiger charge is 2.20. The molecule has 2 nitrogen and oxygen atoms in total. The molecular weight excluding hydrogens is 749 g/mol. The van der Waals surface area contributed by atoms with E-state index in [0.29, 0.717) is 0 Å². The third-order valence-corrected chi connectivity index (χ3v) is 12.5. The van der Waals surface area contributed by atoms with E-state index in [4.69, 9.17) is 0 Å². The zero-order chi connectivity index (χ0) is 41.0. The molecule has 0 amide bonds. The third-order valence-electron chi connectivity index (χ3n) is 12.5. The molecule has 0 unspecified atom stereocenters. The van der Waals surface area contributed by atoms with Gasteiger partial charge in [0.15, 0.2) is 0 Å². The van der Waals surface area contributed by atoms with Crippen LogP contribution in [0.3, 0.4) is 0 Å². The van der Waals surface area contributed by atoms with Gasteiger partial charge in [-0.2, -0.15) is 0 Å². The fourth-order valence-electron chi connectivity index (χ4n) is 9.62. The number of rotatable bonds is 7. The number of anilines is 3. The summed E-state index contributed by atoms with van der Waals surface area (Å²) in [6.07, 6.45) is 0. The topological polar surface area (TPSA) is 8.17 Å². The average Bonchev–Trinajstić information content (AvgIpc) is 3.69. The first-order valence-electron chi connectivity index (χ1n) is 21.3. The summed E-state index contributed by atoms with van der Waals surface area (Å²) in [4.78, 5) is 2.42. The minimum Gasteiger partial charge on any atom is -0.310 e. The lowest BCUT2D eigenvalue weighted by atomic mass is 9.96. The van der Waals surface area contributed by atoms with Gasteiger partial charge in [-0.05, 0) is 121 Å². The molecule has 62 heavy (non-hydrogen) atoms. The second-order valence-electron chi connectivity index (χ2n) is 16.1. The number of hydrogen-bond acceptors (Lipinski definition) is 1. The summed E-state index contributed by atoms with van der Waals surface area (Å²) in [6.45, 7) is 0. The van der Waals surface area contributed by atoms with Crippen LogP contribution in [-0.2, 0) is 0 Å². The fourth-order valence-corrected chi connectivity index (χ4v) is 9.62. The van der Waals surface area contributed by atoms with Crippen LogP contribution in [0.15, 0.2) is 243 Å². The summed E-state index contributed by atoms with van der Waals surface area (Å²) in [5.74, 6) is 0. The van der Waals surface area contributed by atoms with E-state index in [1.54, 1.807) is 0 Å². The fraction of sp³-hybridized carbons (Fsp3) is 0. The Labute approximate surface area is 360 Å². The molecule has 0 aliphatic carbocycles. The van der Waals surface area contributed by atoms with Crippen molar-refractivity contribution in [2.75, 3.05) is 4.90 Å². The third kappa shape index (κ3) is 6.04. The predicted molar refractivity (Wildman–Crippen MR) is 264 cm³/mol. The van der Waals surface area contributed by atoms with Gasteiger partial charge < -0.3 is 9.47 Å². The lowest BCUT2D eigenvalue weighted by Gasteiger charge is -2.28. The highest BCUT2D eigenvalue weighted by Crippen LogP contribution is 2.44. The molecule has 2 heteroatoms. The standard InChI is InChI=1S/C60H40N2/c1-2-15-43(16-3-1)54-22-8-10-25-57(54)61(49-34-30-42(31-35-49)46-33-37-53-48(38-46)29-28-44-17-6-7-21-52(44)53)50-20-12-19-47(40-50)55-24-13-27-59-60(55)56-23-9-11-26-58(56)62(59)51-36-32-41-14-4-5-18-45(41)39-51/h1-40H. The molecule has 11 aromatic carbocycles. The Balaban J connectivity index is 1.01. The summed E-state index contributed by atoms with van der Waals surface area (Å²) < 4.78 is 2.42. The lowest BCUT2D eigenvalue weighted by Crippen LogP contribution is -2.11. The van der Waals surface area contributed by atoms with E-state index >= 15 is 0 Å². The van der Waals surface area contributed by atoms with E-state index in [1.165, 1.54) is 81.9 Å². The van der Waals surface area contributed by atoms with E-state index in [0.717, 1.165) is 28.3 Å². The zero-order valence-corrected chi connectivity index (χ0v) is 34.0. The van der Waals surface area contributed by atoms with Gasteiger partial charge in [-0.15, -0.1) is 0 Å². The van der Waals surface area contributed by atoms with Crippen LogP contribution in [0.25, 0.3) is 93.2 Å². The molecule has 0 bridgehead atoms. The van der Waals surface area contributed by atoms with Gasteiger partial charge in [0.25, 0.3) is 0 Å². The molecule has 0 fully saturated rings. The maximum Gasteiger partial charge on any atom is 0.0547 e. The van der Waals surface area contributed by atoms with E-state index in [9.17, 15) is 0 Å². The van der Waals surface area contributed by atoms with Crippen LogP contribution in [-0.4, -0.2) is 4.57 Å². The molecule has 0 atom stereocenters. The number of fused-ring (bicyclic) bond motifs is 7. The van der Waals surface area contributed by atoms with Crippen molar-refractivity contribution >= 4 is 71.2 Å². The second-order valence-corrected chi connectivity index (χ2v) is 16.1. The molecule has 0 aliphatic rings. The van der Waals surface area contributed by atoms with Gasteiger partial charge in [-0.25, -0.2) is 0 Å². The summed E-state index contributed by atoms with van der Waals surface area (Å²) in [6, 6.07) is 88.5. The zero-order valence-electron chi connectivity index (χ0n) is 34.0. The normalized spacial score (nSPS) is 11.5. The Morgan fingerprint density at radius 3 is 1.81 bits per heavy atom. The summed E-state index contributed by atoms with van der Waals surface area (Å²) in [5, 5.41) is 10.0. The molecule has 0 radical (unpaired) electrons. The Hall–Kier alpha value is -8.20. The van der Waals surface area contributed by atoms with Crippen LogP contribution in [0, 0.1) is 0 Å². The van der Waals surface area contributed by atoms with Crippen molar-refractivity contribution in [1.29, 1.82) is 0 Å². The smallest absolute Gasteiger partial charge is 0.0547 e. The highest BCUT2D eigenvalue weighted by molar-refractivity contribution is 6.16. The lowest BCUT2D eigenvalue weighted by molar-refractivity contribution is 1.19. The van der Waals surface area contributed by atoms with E-state index in [-0.39, 0.29) is 0 Å². The monoisotopic (exact) mass is 788 g/mol. The second kappa shape index (κ2) is 14.8. The molecule has 12 aromatic rings. The van der Waals surface area contributed by atoms with E-state index < -0.39 is 0 Å². The molecule has 1 aromatic heterocycles. The van der Waals surface area contributed by atoms with Crippen molar-refractivity contribution in [3.8, 4) is 39.1 Å². The average molecular weight is 789 g/mol. The number of hydrogen-bond donors (Lipinski definition) is 0. The Morgan fingerprint density at radius 1 is 0.290 bits per heavy atom. The van der Waals surface area contributed by atoms with E-state index in [2.05, 4.69) is 252 Å². The van der Waals surface area contributed by atoms with Crippen molar-refractivity contribution in [3.05, 3.63) is 243 Å². The van der Waals surface area contributed by atoms with Gasteiger partial charge in [0.05, 0.1) is 16.7 Å². The molecular formula is C60H40N2. The van der Waals surface area contributed by atoms with Gasteiger partial charge >= 0.3 is 0 Å². The maximum atomic E-state index is 2.42. The molecule has 0 N–H and O–H groups in total. The molecule has 0 saturated heterocycles. The van der Waals surface area contributed by atoms with Crippen LogP contribution >= 0.6 is 0 Å². The first-order chi connectivity index (χ1) is 30.7. The van der Waals surface area contributed by atoms with Gasteiger partial charge in [-0.1, -0.05) is 182 Å². The Bertz CT molecular complexity index is 3640. The predicted octanol–water partition coefficient (Wildman–Crippen LogP) is 16.7. The largest absolute Gasteiger partial charge is 0.310 e. The SMILES string of the molecule is c1ccc(-c2ccccc2N(c2ccc(-c3ccc4c(ccc5ccccc54)c3)cc2)c2cccc(-c3cccc4c3c3ccccc3n4-c3ccc4ccccc4c3)c2)cc1.